The van der Waals surface area contributed by atoms with E-state index in [1.54, 1.807) is 6.20 Å². The number of hydrogen-bond acceptors (Lipinski definition) is 5. The van der Waals surface area contributed by atoms with Gasteiger partial charge in [-0.25, -0.2) is 0 Å². The molecule has 0 radical (unpaired) electrons. The summed E-state index contributed by atoms with van der Waals surface area (Å²) in [7, 11) is 0. The largest absolute Gasteiger partial charge is 0.494 e. The van der Waals surface area contributed by atoms with Gasteiger partial charge in [-0.2, -0.15) is 5.26 Å². The summed E-state index contributed by atoms with van der Waals surface area (Å²) in [5.41, 5.74) is 4.02. The molecule has 0 amide bonds. The molecule has 2 aromatic carbocycles. The topological polar surface area (TPSA) is 70.5 Å². The Hall–Kier alpha value is -2.72. The number of ether oxygens (including phenoxy) is 3. The van der Waals surface area contributed by atoms with Gasteiger partial charge >= 0.3 is 0 Å². The number of piperidine rings is 1. The van der Waals surface area contributed by atoms with Crippen molar-refractivity contribution in [3.63, 3.8) is 0 Å². The second kappa shape index (κ2) is 10.0. The third-order valence-corrected chi connectivity index (χ3v) is 6.93. The van der Waals surface area contributed by atoms with E-state index >= 15 is 0 Å². The Morgan fingerprint density at radius 3 is 2.58 bits per heavy atom. The summed E-state index contributed by atoms with van der Waals surface area (Å²) in [5, 5.41) is 10.8. The molecule has 1 aromatic heterocycles. The fraction of sp³-hybridized carbons (Fsp3) is 0.423. The molecule has 2 fully saturated rings. The number of fused-ring (bicyclic) bond motifs is 1. The SMILES string of the molecule is N#Cc1c[nH]c2c(N3CCC(c4ccc(OCCCC5OCCO5)cc4)CC3)ccc(Cl)c12. The van der Waals surface area contributed by atoms with Crippen LogP contribution in [0.4, 0.5) is 5.69 Å². The second-order valence-electron chi connectivity index (χ2n) is 8.62. The van der Waals surface area contributed by atoms with Crippen molar-refractivity contribution in [2.75, 3.05) is 37.8 Å². The van der Waals surface area contributed by atoms with Crippen LogP contribution < -0.4 is 9.64 Å². The molecule has 0 bridgehead atoms. The number of nitrogens with zero attached hydrogens (tertiary/aromatic N) is 2. The van der Waals surface area contributed by atoms with Crippen LogP contribution in [0.5, 0.6) is 5.75 Å². The summed E-state index contributed by atoms with van der Waals surface area (Å²) in [6, 6.07) is 14.7. The van der Waals surface area contributed by atoms with Crippen LogP contribution in [0.2, 0.25) is 5.02 Å². The molecule has 0 saturated carbocycles. The number of H-pyrrole nitrogens is 1. The van der Waals surface area contributed by atoms with Crippen molar-refractivity contribution in [3.05, 3.63) is 58.7 Å². The normalized spacial score (nSPS) is 17.5. The fourth-order valence-electron chi connectivity index (χ4n) is 4.85. The van der Waals surface area contributed by atoms with Gasteiger partial charge < -0.3 is 24.1 Å². The monoisotopic (exact) mass is 465 g/mol. The Kier molecular flexibility index (Phi) is 6.73. The van der Waals surface area contributed by atoms with Gasteiger partial charge in [0.15, 0.2) is 6.29 Å². The molecule has 1 N–H and O–H groups in total. The van der Waals surface area contributed by atoms with E-state index < -0.39 is 0 Å². The van der Waals surface area contributed by atoms with Crippen molar-refractivity contribution in [1.82, 2.24) is 4.98 Å². The number of benzene rings is 2. The summed E-state index contributed by atoms with van der Waals surface area (Å²) >= 11 is 6.37. The number of aromatic amines is 1. The number of nitriles is 1. The average molecular weight is 466 g/mol. The van der Waals surface area contributed by atoms with Gasteiger partial charge in [0.05, 0.1) is 41.6 Å². The van der Waals surface area contributed by atoms with E-state index in [4.69, 9.17) is 25.8 Å². The Balaban J connectivity index is 1.15. The highest BCUT2D eigenvalue weighted by Crippen LogP contribution is 2.37. The highest BCUT2D eigenvalue weighted by Gasteiger charge is 2.23. The van der Waals surface area contributed by atoms with E-state index in [0.29, 0.717) is 36.3 Å². The van der Waals surface area contributed by atoms with E-state index in [9.17, 15) is 5.26 Å². The van der Waals surface area contributed by atoms with E-state index in [2.05, 4.69) is 46.3 Å². The van der Waals surface area contributed by atoms with Gasteiger partial charge in [-0.1, -0.05) is 23.7 Å². The van der Waals surface area contributed by atoms with E-state index in [-0.39, 0.29) is 6.29 Å². The number of halogens is 1. The molecule has 3 heterocycles. The van der Waals surface area contributed by atoms with Gasteiger partial charge in [0.2, 0.25) is 0 Å². The highest BCUT2D eigenvalue weighted by molar-refractivity contribution is 6.36. The minimum atomic E-state index is -0.0591. The van der Waals surface area contributed by atoms with Crippen LogP contribution in [0.15, 0.2) is 42.6 Å². The van der Waals surface area contributed by atoms with Crippen LogP contribution in [-0.4, -0.2) is 44.2 Å². The van der Waals surface area contributed by atoms with E-state index in [0.717, 1.165) is 61.1 Å². The van der Waals surface area contributed by atoms with Crippen molar-refractivity contribution < 1.29 is 14.2 Å². The van der Waals surface area contributed by atoms with Crippen LogP contribution in [-0.2, 0) is 9.47 Å². The number of rotatable bonds is 7. The van der Waals surface area contributed by atoms with Crippen molar-refractivity contribution in [2.24, 2.45) is 0 Å². The first-order chi connectivity index (χ1) is 16.2. The maximum atomic E-state index is 9.37. The Labute approximate surface area is 199 Å². The lowest BCUT2D eigenvalue weighted by molar-refractivity contribution is -0.0492. The quantitative estimate of drug-likeness (QED) is 0.459. The van der Waals surface area contributed by atoms with Crippen LogP contribution in [0, 0.1) is 11.3 Å². The lowest BCUT2D eigenvalue weighted by Gasteiger charge is -2.34. The van der Waals surface area contributed by atoms with E-state index in [1.807, 2.05) is 6.07 Å². The lowest BCUT2D eigenvalue weighted by atomic mass is 9.89. The summed E-state index contributed by atoms with van der Waals surface area (Å²) < 4.78 is 16.8. The van der Waals surface area contributed by atoms with Gasteiger partial charge in [0, 0.05) is 31.1 Å². The molecule has 3 aromatic rings. The zero-order valence-electron chi connectivity index (χ0n) is 18.6. The van der Waals surface area contributed by atoms with Crippen molar-refractivity contribution in [3.8, 4) is 11.8 Å². The molecule has 172 valence electrons. The summed E-state index contributed by atoms with van der Waals surface area (Å²) in [6.45, 7) is 3.99. The molecule has 2 aliphatic heterocycles. The molecule has 5 rings (SSSR count). The molecule has 0 spiro atoms. The Morgan fingerprint density at radius 2 is 1.85 bits per heavy atom. The molecule has 2 aliphatic rings. The van der Waals surface area contributed by atoms with Gasteiger partial charge in [-0.05, 0) is 55.0 Å². The highest BCUT2D eigenvalue weighted by atomic mass is 35.5. The second-order valence-corrected chi connectivity index (χ2v) is 9.03. The summed E-state index contributed by atoms with van der Waals surface area (Å²) in [5.74, 6) is 1.45. The van der Waals surface area contributed by atoms with E-state index in [1.165, 1.54) is 5.56 Å². The molecular formula is C26H28ClN3O3. The predicted octanol–water partition coefficient (Wildman–Crippen LogP) is 5.61. The Bertz CT molecular complexity index is 1120. The maximum Gasteiger partial charge on any atom is 0.157 e. The third kappa shape index (κ3) is 4.81. The van der Waals surface area contributed by atoms with Crippen molar-refractivity contribution in [1.29, 1.82) is 5.26 Å². The van der Waals surface area contributed by atoms with Gasteiger partial charge in [-0.3, -0.25) is 0 Å². The van der Waals surface area contributed by atoms with Crippen LogP contribution >= 0.6 is 11.6 Å². The zero-order chi connectivity index (χ0) is 22.6. The third-order valence-electron chi connectivity index (χ3n) is 6.61. The molecule has 33 heavy (non-hydrogen) atoms. The predicted molar refractivity (Wildman–Crippen MR) is 129 cm³/mol. The molecule has 0 aliphatic carbocycles. The Morgan fingerprint density at radius 1 is 1.09 bits per heavy atom. The molecule has 0 atom stereocenters. The molecule has 7 heteroatoms. The van der Waals surface area contributed by atoms with Gasteiger partial charge in [-0.15, -0.1) is 0 Å². The average Bonchev–Trinajstić information content (AvgIpc) is 3.53. The minimum Gasteiger partial charge on any atom is -0.494 e. The zero-order valence-corrected chi connectivity index (χ0v) is 19.3. The lowest BCUT2D eigenvalue weighted by Crippen LogP contribution is -2.33. The van der Waals surface area contributed by atoms with Crippen LogP contribution in [0.1, 0.15) is 42.7 Å². The van der Waals surface area contributed by atoms with Crippen molar-refractivity contribution in [2.45, 2.75) is 37.9 Å². The molecule has 6 nitrogen and oxygen atoms in total. The number of aromatic nitrogens is 1. The number of hydrogen-bond donors (Lipinski definition) is 1. The fourth-order valence-corrected chi connectivity index (χ4v) is 5.11. The van der Waals surface area contributed by atoms with Crippen LogP contribution in [0.25, 0.3) is 10.9 Å². The summed E-state index contributed by atoms with van der Waals surface area (Å²) in [6.07, 6.45) is 5.63. The number of anilines is 1. The first-order valence-corrected chi connectivity index (χ1v) is 12.0. The van der Waals surface area contributed by atoms with Crippen LogP contribution in [0.3, 0.4) is 0 Å². The first-order valence-electron chi connectivity index (χ1n) is 11.6. The van der Waals surface area contributed by atoms with Gasteiger partial charge in [0.25, 0.3) is 0 Å². The molecular weight excluding hydrogens is 438 g/mol. The summed E-state index contributed by atoms with van der Waals surface area (Å²) in [4.78, 5) is 5.65. The first kappa shape index (κ1) is 22.1. The van der Waals surface area contributed by atoms with Gasteiger partial charge in [0.1, 0.15) is 11.8 Å². The smallest absolute Gasteiger partial charge is 0.157 e. The standard InChI is InChI=1S/C26H28ClN3O3/c27-22-7-8-23(26-25(22)20(16-28)17-29-26)30-11-9-19(10-12-30)18-3-5-21(6-4-18)31-13-1-2-24-32-14-15-33-24/h3-8,17,19,24,29H,1-2,9-15H2. The molecule has 0 unspecified atom stereocenters. The maximum absolute atomic E-state index is 9.37. The minimum absolute atomic E-state index is 0.0591. The van der Waals surface area contributed by atoms with Crippen molar-refractivity contribution >= 4 is 28.2 Å². The molecule has 2 saturated heterocycles. The number of nitrogens with one attached hydrogen (secondary N) is 1.